The predicted octanol–water partition coefficient (Wildman–Crippen LogP) is 1.77. The average Bonchev–Trinajstić information content (AvgIpc) is 2.35. The second-order valence-electron chi connectivity index (χ2n) is 4.00. The summed E-state index contributed by atoms with van der Waals surface area (Å²) in [5.74, 6) is -0.575. The molecule has 1 N–H and O–H groups in total. The van der Waals surface area contributed by atoms with Gasteiger partial charge in [0.15, 0.2) is 0 Å². The topological polar surface area (TPSA) is 38.3 Å². The maximum atomic E-state index is 12.6. The van der Waals surface area contributed by atoms with E-state index < -0.39 is 0 Å². The number of hydrogen-bond acceptors (Lipinski definition) is 3. The fourth-order valence-corrected chi connectivity index (χ4v) is 1.49. The molecule has 0 saturated carbocycles. The summed E-state index contributed by atoms with van der Waals surface area (Å²) in [5.41, 5.74) is 1.07. The summed E-state index contributed by atoms with van der Waals surface area (Å²) in [5, 5.41) is 3.17. The van der Waals surface area contributed by atoms with E-state index >= 15 is 0 Å². The van der Waals surface area contributed by atoms with Gasteiger partial charge in [0.1, 0.15) is 5.82 Å². The largest absolute Gasteiger partial charge is 0.469 e. The third-order valence-corrected chi connectivity index (χ3v) is 2.56. The molecule has 0 aliphatic carbocycles. The fraction of sp³-hybridized carbons (Fsp3) is 0.462. The second-order valence-corrected chi connectivity index (χ2v) is 4.00. The molecule has 0 fully saturated rings. The van der Waals surface area contributed by atoms with Crippen LogP contribution >= 0.6 is 0 Å². The van der Waals surface area contributed by atoms with Gasteiger partial charge in [0, 0.05) is 6.54 Å². The van der Waals surface area contributed by atoms with Crippen molar-refractivity contribution in [1.82, 2.24) is 5.32 Å². The van der Waals surface area contributed by atoms with Gasteiger partial charge in [-0.25, -0.2) is 4.39 Å². The molecule has 0 heterocycles. The minimum atomic E-state index is -0.221. The van der Waals surface area contributed by atoms with E-state index in [-0.39, 0.29) is 17.7 Å². The molecule has 1 atom stereocenters. The molecule has 4 heteroatoms. The molecule has 0 saturated heterocycles. The summed E-state index contributed by atoms with van der Waals surface area (Å²) in [4.78, 5) is 11.1. The van der Waals surface area contributed by atoms with Crippen LogP contribution in [-0.2, 0) is 16.0 Å². The van der Waals surface area contributed by atoms with Crippen molar-refractivity contribution in [1.29, 1.82) is 0 Å². The Bertz CT molecular complexity index is 351. The standard InChI is InChI=1S/C13H18FNO2/c1-10(13(16)17-2)9-15-8-7-11-3-5-12(14)6-4-11/h3-6,10,15H,7-9H2,1-2H3/t10-/m0/s1. The van der Waals surface area contributed by atoms with Crippen molar-refractivity contribution in [2.45, 2.75) is 13.3 Å². The summed E-state index contributed by atoms with van der Waals surface area (Å²) < 4.78 is 17.3. The number of nitrogens with one attached hydrogen (secondary N) is 1. The Morgan fingerprint density at radius 1 is 1.41 bits per heavy atom. The van der Waals surface area contributed by atoms with Gasteiger partial charge in [-0.3, -0.25) is 4.79 Å². The normalized spacial score (nSPS) is 12.2. The lowest BCUT2D eigenvalue weighted by Gasteiger charge is -2.10. The van der Waals surface area contributed by atoms with Gasteiger partial charge in [-0.15, -0.1) is 0 Å². The molecular formula is C13H18FNO2. The SMILES string of the molecule is COC(=O)[C@@H](C)CNCCc1ccc(F)cc1. The number of methoxy groups -OCH3 is 1. The highest BCUT2D eigenvalue weighted by Crippen LogP contribution is 2.03. The molecule has 0 aromatic heterocycles. The summed E-state index contributed by atoms with van der Waals surface area (Å²) in [6.45, 7) is 3.16. The van der Waals surface area contributed by atoms with Gasteiger partial charge in [0.25, 0.3) is 0 Å². The molecule has 0 radical (unpaired) electrons. The molecule has 0 amide bonds. The van der Waals surface area contributed by atoms with E-state index in [9.17, 15) is 9.18 Å². The zero-order valence-corrected chi connectivity index (χ0v) is 10.2. The number of halogens is 1. The van der Waals surface area contributed by atoms with Crippen molar-refractivity contribution in [3.63, 3.8) is 0 Å². The summed E-state index contributed by atoms with van der Waals surface area (Å²) in [6.07, 6.45) is 0.814. The zero-order valence-electron chi connectivity index (χ0n) is 10.2. The van der Waals surface area contributed by atoms with E-state index in [1.807, 2.05) is 6.92 Å². The smallest absolute Gasteiger partial charge is 0.309 e. The van der Waals surface area contributed by atoms with Crippen molar-refractivity contribution in [2.75, 3.05) is 20.2 Å². The number of carbonyl (C=O) groups is 1. The van der Waals surface area contributed by atoms with E-state index in [2.05, 4.69) is 10.1 Å². The first kappa shape index (κ1) is 13.6. The summed E-state index contributed by atoms with van der Waals surface area (Å²) in [6, 6.07) is 6.43. The van der Waals surface area contributed by atoms with Gasteiger partial charge >= 0.3 is 5.97 Å². The molecule has 0 spiro atoms. The van der Waals surface area contributed by atoms with E-state index in [1.54, 1.807) is 12.1 Å². The van der Waals surface area contributed by atoms with E-state index in [0.29, 0.717) is 6.54 Å². The van der Waals surface area contributed by atoms with Crippen molar-refractivity contribution < 1.29 is 13.9 Å². The lowest BCUT2D eigenvalue weighted by molar-refractivity contribution is -0.144. The van der Waals surface area contributed by atoms with Crippen LogP contribution in [0.5, 0.6) is 0 Å². The van der Waals surface area contributed by atoms with Crippen LogP contribution in [0.4, 0.5) is 4.39 Å². The highest BCUT2D eigenvalue weighted by atomic mass is 19.1. The molecule has 94 valence electrons. The van der Waals surface area contributed by atoms with Crippen molar-refractivity contribution in [3.8, 4) is 0 Å². The monoisotopic (exact) mass is 239 g/mol. The second kappa shape index (κ2) is 7.01. The van der Waals surface area contributed by atoms with Crippen molar-refractivity contribution in [3.05, 3.63) is 35.6 Å². The third kappa shape index (κ3) is 4.95. The minimum absolute atomic E-state index is 0.145. The van der Waals surface area contributed by atoms with Crippen molar-refractivity contribution in [2.24, 2.45) is 5.92 Å². The first-order valence-corrected chi connectivity index (χ1v) is 5.66. The molecule has 0 bridgehead atoms. The van der Waals surface area contributed by atoms with Crippen LogP contribution in [-0.4, -0.2) is 26.2 Å². The first-order valence-electron chi connectivity index (χ1n) is 5.66. The summed E-state index contributed by atoms with van der Waals surface area (Å²) in [7, 11) is 1.39. The van der Waals surface area contributed by atoms with Gasteiger partial charge in [-0.2, -0.15) is 0 Å². The molecule has 0 unspecified atom stereocenters. The lowest BCUT2D eigenvalue weighted by Crippen LogP contribution is -2.28. The van der Waals surface area contributed by atoms with Gasteiger partial charge in [-0.05, 0) is 30.7 Å². The van der Waals surface area contributed by atoms with E-state index in [0.717, 1.165) is 18.5 Å². The maximum absolute atomic E-state index is 12.6. The Kier molecular flexibility index (Phi) is 5.63. The molecule has 1 rings (SSSR count). The zero-order chi connectivity index (χ0) is 12.7. The minimum Gasteiger partial charge on any atom is -0.469 e. The molecular weight excluding hydrogens is 221 g/mol. The number of hydrogen-bond donors (Lipinski definition) is 1. The molecule has 17 heavy (non-hydrogen) atoms. The average molecular weight is 239 g/mol. The van der Waals surface area contributed by atoms with Gasteiger partial charge in [0.05, 0.1) is 13.0 Å². The van der Waals surface area contributed by atoms with E-state index in [1.165, 1.54) is 19.2 Å². The van der Waals surface area contributed by atoms with Crippen molar-refractivity contribution >= 4 is 5.97 Å². The van der Waals surface area contributed by atoms with Crippen LogP contribution in [0.25, 0.3) is 0 Å². The quantitative estimate of drug-likeness (QED) is 0.607. The molecule has 1 aromatic rings. The lowest BCUT2D eigenvalue weighted by atomic mass is 10.1. The molecule has 0 aliphatic rings. The number of rotatable bonds is 6. The van der Waals surface area contributed by atoms with Gasteiger partial charge < -0.3 is 10.1 Å². The van der Waals surface area contributed by atoms with Gasteiger partial charge in [-0.1, -0.05) is 19.1 Å². The van der Waals surface area contributed by atoms with Crippen LogP contribution in [0, 0.1) is 11.7 Å². The van der Waals surface area contributed by atoms with Crippen LogP contribution in [0.1, 0.15) is 12.5 Å². The first-order chi connectivity index (χ1) is 8.13. The maximum Gasteiger partial charge on any atom is 0.309 e. The Hall–Kier alpha value is -1.42. The fourth-order valence-electron chi connectivity index (χ4n) is 1.49. The summed E-state index contributed by atoms with van der Waals surface area (Å²) >= 11 is 0. The molecule has 3 nitrogen and oxygen atoms in total. The van der Waals surface area contributed by atoms with Crippen LogP contribution in [0.3, 0.4) is 0 Å². The number of esters is 1. The highest BCUT2D eigenvalue weighted by molar-refractivity contribution is 5.71. The van der Waals surface area contributed by atoms with E-state index in [4.69, 9.17) is 0 Å². The Balaban J connectivity index is 2.20. The van der Waals surface area contributed by atoms with Crippen LogP contribution in [0.2, 0.25) is 0 Å². The highest BCUT2D eigenvalue weighted by Gasteiger charge is 2.11. The Morgan fingerprint density at radius 3 is 2.65 bits per heavy atom. The molecule has 0 aliphatic heterocycles. The van der Waals surface area contributed by atoms with Crippen LogP contribution < -0.4 is 5.32 Å². The third-order valence-electron chi connectivity index (χ3n) is 2.56. The Labute approximate surface area is 101 Å². The Morgan fingerprint density at radius 2 is 2.06 bits per heavy atom. The van der Waals surface area contributed by atoms with Gasteiger partial charge in [0.2, 0.25) is 0 Å². The predicted molar refractivity (Wildman–Crippen MR) is 64.2 cm³/mol. The number of ether oxygens (including phenoxy) is 1. The number of benzene rings is 1. The molecule has 1 aromatic carbocycles. The number of carbonyl (C=O) groups excluding carboxylic acids is 1. The van der Waals surface area contributed by atoms with Crippen LogP contribution in [0.15, 0.2) is 24.3 Å².